The topological polar surface area (TPSA) is 37.4 Å². The van der Waals surface area contributed by atoms with Crippen molar-refractivity contribution < 1.29 is 18.4 Å². The minimum absolute atomic E-state index is 0.0675. The number of nitrogens with zero attached hydrogens (tertiary/aromatic N) is 1. The number of hydrogen-bond donors (Lipinski definition) is 0. The molecule has 130 valence electrons. The molecule has 1 amide bonds. The molecule has 3 nitrogen and oxygen atoms in total. The van der Waals surface area contributed by atoms with Crippen molar-refractivity contribution in [3.05, 3.63) is 71.3 Å². The number of Topliss-reactive ketones (excluding diaryl/α,β-unsaturated/α-hetero) is 1. The highest BCUT2D eigenvalue weighted by Crippen LogP contribution is 2.40. The van der Waals surface area contributed by atoms with Crippen LogP contribution in [0.2, 0.25) is 0 Å². The molecule has 0 saturated carbocycles. The van der Waals surface area contributed by atoms with Crippen LogP contribution in [0, 0.1) is 11.6 Å². The van der Waals surface area contributed by atoms with Gasteiger partial charge in [0.25, 0.3) is 0 Å². The average Bonchev–Trinajstić information content (AvgIpc) is 2.60. The normalized spacial score (nSPS) is 20.6. The molecule has 3 rings (SSSR count). The summed E-state index contributed by atoms with van der Waals surface area (Å²) in [4.78, 5) is 26.3. The Kier molecular flexibility index (Phi) is 5.13. The summed E-state index contributed by atoms with van der Waals surface area (Å²) in [5.41, 5.74) is 1.04. The number of halogens is 3. The van der Waals surface area contributed by atoms with Crippen molar-refractivity contribution in [3.8, 4) is 0 Å². The lowest BCUT2D eigenvalue weighted by Gasteiger charge is -2.42. The molecule has 0 N–H and O–H groups in total. The van der Waals surface area contributed by atoms with Crippen LogP contribution in [-0.4, -0.2) is 22.5 Å². The summed E-state index contributed by atoms with van der Waals surface area (Å²) in [7, 11) is 0. The number of hydrogen-bond acceptors (Lipinski definition) is 2. The molecule has 1 aliphatic heterocycles. The zero-order valence-corrected chi connectivity index (χ0v) is 14.0. The molecule has 0 aliphatic carbocycles. The molecule has 0 bridgehead atoms. The largest absolute Gasteiger partial charge is 0.327 e. The fourth-order valence-electron chi connectivity index (χ4n) is 3.33. The summed E-state index contributed by atoms with van der Waals surface area (Å²) in [5, 5.41) is 0. The molecule has 2 atom stereocenters. The van der Waals surface area contributed by atoms with E-state index in [1.165, 1.54) is 41.3 Å². The van der Waals surface area contributed by atoms with E-state index < -0.39 is 23.7 Å². The van der Waals surface area contributed by atoms with Gasteiger partial charge in [0.05, 0.1) is 12.1 Å². The summed E-state index contributed by atoms with van der Waals surface area (Å²) in [5.74, 6) is -1.61. The Morgan fingerprint density at radius 1 is 1.00 bits per heavy atom. The third-order valence-electron chi connectivity index (χ3n) is 4.38. The molecule has 2 aromatic carbocycles. The van der Waals surface area contributed by atoms with Crippen LogP contribution in [0.25, 0.3) is 0 Å². The molecular formula is C19H16ClF2NO2. The van der Waals surface area contributed by atoms with Gasteiger partial charge in [-0.25, -0.2) is 8.78 Å². The van der Waals surface area contributed by atoms with Gasteiger partial charge in [0.1, 0.15) is 23.3 Å². The SMILES string of the molecule is O=C1C[C@H](c2cccc(F)c2)N(C(=O)CCl)[C@H](c2cccc(F)c2)C1. The van der Waals surface area contributed by atoms with Gasteiger partial charge in [0, 0.05) is 12.8 Å². The Morgan fingerprint density at radius 2 is 1.48 bits per heavy atom. The lowest BCUT2D eigenvalue weighted by Crippen LogP contribution is -2.44. The van der Waals surface area contributed by atoms with Crippen molar-refractivity contribution in [3.63, 3.8) is 0 Å². The number of benzene rings is 2. The van der Waals surface area contributed by atoms with Crippen molar-refractivity contribution in [1.29, 1.82) is 0 Å². The highest BCUT2D eigenvalue weighted by Gasteiger charge is 2.39. The Hall–Kier alpha value is -2.27. The van der Waals surface area contributed by atoms with Crippen molar-refractivity contribution in [2.75, 3.05) is 5.88 Å². The van der Waals surface area contributed by atoms with Crippen LogP contribution >= 0.6 is 11.6 Å². The first-order chi connectivity index (χ1) is 12.0. The maximum absolute atomic E-state index is 13.6. The molecular weight excluding hydrogens is 348 g/mol. The van der Waals surface area contributed by atoms with Crippen molar-refractivity contribution >= 4 is 23.3 Å². The quantitative estimate of drug-likeness (QED) is 0.767. The predicted molar refractivity (Wildman–Crippen MR) is 90.1 cm³/mol. The van der Waals surface area contributed by atoms with E-state index in [9.17, 15) is 18.4 Å². The second-order valence-corrected chi connectivity index (χ2v) is 6.29. The zero-order chi connectivity index (χ0) is 18.0. The van der Waals surface area contributed by atoms with Crippen LogP contribution in [0.3, 0.4) is 0 Å². The van der Waals surface area contributed by atoms with Gasteiger partial charge in [-0.3, -0.25) is 9.59 Å². The molecule has 2 aromatic rings. The first-order valence-electron chi connectivity index (χ1n) is 7.89. The Labute approximate surface area is 149 Å². The Morgan fingerprint density at radius 3 is 1.88 bits per heavy atom. The number of alkyl halides is 1. The van der Waals surface area contributed by atoms with Gasteiger partial charge in [0.15, 0.2) is 0 Å². The number of carbonyl (C=O) groups excluding carboxylic acids is 2. The molecule has 1 heterocycles. The molecule has 1 aliphatic rings. The van der Waals surface area contributed by atoms with Gasteiger partial charge >= 0.3 is 0 Å². The summed E-state index contributed by atoms with van der Waals surface area (Å²) in [6, 6.07) is 10.4. The number of amides is 1. The Balaban J connectivity index is 2.07. The van der Waals surface area contributed by atoms with E-state index in [1.807, 2.05) is 0 Å². The van der Waals surface area contributed by atoms with Crippen molar-refractivity contribution in [2.24, 2.45) is 0 Å². The standard InChI is InChI=1S/C19H16ClF2NO2/c20-11-19(25)23-17(12-3-1-5-14(21)7-12)9-16(24)10-18(23)13-4-2-6-15(22)8-13/h1-8,17-18H,9-11H2/t17-,18+. The minimum Gasteiger partial charge on any atom is -0.327 e. The van der Waals surface area contributed by atoms with E-state index in [0.717, 1.165) is 0 Å². The van der Waals surface area contributed by atoms with Crippen molar-refractivity contribution in [2.45, 2.75) is 24.9 Å². The third-order valence-corrected chi connectivity index (χ3v) is 4.61. The highest BCUT2D eigenvalue weighted by molar-refractivity contribution is 6.27. The van der Waals surface area contributed by atoms with Gasteiger partial charge in [0.2, 0.25) is 5.91 Å². The van der Waals surface area contributed by atoms with Gasteiger partial charge in [-0.15, -0.1) is 11.6 Å². The van der Waals surface area contributed by atoms with E-state index in [2.05, 4.69) is 0 Å². The minimum atomic E-state index is -0.628. The molecule has 0 unspecified atom stereocenters. The van der Waals surface area contributed by atoms with Crippen LogP contribution in [0.1, 0.15) is 36.1 Å². The second kappa shape index (κ2) is 7.31. The van der Waals surface area contributed by atoms with Gasteiger partial charge < -0.3 is 4.90 Å². The third kappa shape index (κ3) is 3.71. The molecule has 1 fully saturated rings. The molecule has 0 spiro atoms. The zero-order valence-electron chi connectivity index (χ0n) is 13.3. The lowest BCUT2D eigenvalue weighted by atomic mass is 9.86. The van der Waals surface area contributed by atoms with E-state index in [4.69, 9.17) is 11.6 Å². The average molecular weight is 364 g/mol. The lowest BCUT2D eigenvalue weighted by molar-refractivity contribution is -0.140. The summed E-state index contributed by atoms with van der Waals surface area (Å²) >= 11 is 5.77. The number of rotatable bonds is 3. The second-order valence-electron chi connectivity index (χ2n) is 6.02. The predicted octanol–water partition coefficient (Wildman–Crippen LogP) is 4.18. The fraction of sp³-hybridized carbons (Fsp3) is 0.263. The van der Waals surface area contributed by atoms with Gasteiger partial charge in [-0.05, 0) is 35.4 Å². The van der Waals surface area contributed by atoms with E-state index in [1.54, 1.807) is 12.1 Å². The first-order valence-corrected chi connectivity index (χ1v) is 8.43. The van der Waals surface area contributed by atoms with E-state index >= 15 is 0 Å². The van der Waals surface area contributed by atoms with Gasteiger partial charge in [-0.1, -0.05) is 24.3 Å². The monoisotopic (exact) mass is 363 g/mol. The smallest absolute Gasteiger partial charge is 0.238 e. The molecule has 6 heteroatoms. The number of carbonyl (C=O) groups is 2. The molecule has 0 radical (unpaired) electrons. The summed E-state index contributed by atoms with van der Waals surface area (Å²) < 4.78 is 27.3. The Bertz CT molecular complexity index is 754. The first kappa shape index (κ1) is 17.5. The number of likely N-dealkylation sites (tertiary alicyclic amines) is 1. The summed E-state index contributed by atoms with van der Waals surface area (Å²) in [6.07, 6.45) is 0.162. The van der Waals surface area contributed by atoms with Gasteiger partial charge in [-0.2, -0.15) is 0 Å². The summed E-state index contributed by atoms with van der Waals surface area (Å²) in [6.45, 7) is 0. The van der Waals surface area contributed by atoms with Crippen LogP contribution in [-0.2, 0) is 9.59 Å². The highest BCUT2D eigenvalue weighted by atomic mass is 35.5. The maximum atomic E-state index is 13.6. The van der Waals surface area contributed by atoms with E-state index in [0.29, 0.717) is 11.1 Å². The van der Waals surface area contributed by atoms with Crippen LogP contribution in [0.5, 0.6) is 0 Å². The van der Waals surface area contributed by atoms with Crippen molar-refractivity contribution in [1.82, 2.24) is 4.90 Å². The molecule has 0 aromatic heterocycles. The maximum Gasteiger partial charge on any atom is 0.238 e. The van der Waals surface area contributed by atoms with Crippen LogP contribution < -0.4 is 0 Å². The number of piperidine rings is 1. The molecule has 1 saturated heterocycles. The number of ketones is 1. The molecule has 25 heavy (non-hydrogen) atoms. The van der Waals surface area contributed by atoms with E-state index in [-0.39, 0.29) is 30.4 Å². The van der Waals surface area contributed by atoms with Crippen LogP contribution in [0.4, 0.5) is 8.78 Å². The van der Waals surface area contributed by atoms with Crippen LogP contribution in [0.15, 0.2) is 48.5 Å². The fourth-order valence-corrected chi connectivity index (χ4v) is 3.47.